The van der Waals surface area contributed by atoms with Gasteiger partial charge >= 0.3 is 0 Å². The molecule has 0 aliphatic rings. The van der Waals surface area contributed by atoms with Gasteiger partial charge in [0, 0.05) is 3.57 Å². The highest BCUT2D eigenvalue weighted by molar-refractivity contribution is 14.1. The molecule has 0 aromatic heterocycles. The molecule has 0 bridgehead atoms. The van der Waals surface area contributed by atoms with E-state index in [1.54, 1.807) is 0 Å². The summed E-state index contributed by atoms with van der Waals surface area (Å²) in [4.78, 5) is 0. The lowest BCUT2D eigenvalue weighted by Crippen LogP contribution is -2.30. The van der Waals surface area contributed by atoms with Gasteiger partial charge < -0.3 is 0 Å². The Kier molecular flexibility index (Phi) is 5.79. The monoisotopic (exact) mass is 394 g/mol. The molecule has 0 amide bonds. The molecule has 21 heavy (non-hydrogen) atoms. The van der Waals surface area contributed by atoms with Crippen LogP contribution in [0.3, 0.4) is 0 Å². The van der Waals surface area contributed by atoms with Crippen LogP contribution in [0.25, 0.3) is 0 Å². The first-order valence-corrected chi connectivity index (χ1v) is 8.40. The minimum Gasteiger partial charge on any atom is -0.271 e. The molecule has 0 heterocycles. The van der Waals surface area contributed by atoms with E-state index in [-0.39, 0.29) is 6.04 Å². The highest BCUT2D eigenvalue weighted by Gasteiger charge is 2.14. The average molecular weight is 394 g/mol. The van der Waals surface area contributed by atoms with Crippen molar-refractivity contribution in [3.8, 4) is 0 Å². The zero-order chi connectivity index (χ0) is 15.4. The molecular weight excluding hydrogens is 371 g/mol. The lowest BCUT2D eigenvalue weighted by molar-refractivity contribution is 0.549. The van der Waals surface area contributed by atoms with Crippen LogP contribution in [0.4, 0.5) is 0 Å². The Morgan fingerprint density at radius 3 is 2.33 bits per heavy atom. The Morgan fingerprint density at radius 2 is 1.76 bits per heavy atom. The Labute approximate surface area is 141 Å². The van der Waals surface area contributed by atoms with Gasteiger partial charge in [0.2, 0.25) is 0 Å². The zero-order valence-corrected chi connectivity index (χ0v) is 15.0. The first-order valence-electron chi connectivity index (χ1n) is 7.33. The van der Waals surface area contributed by atoms with Crippen LogP contribution in [0.1, 0.15) is 48.1 Å². The van der Waals surface area contributed by atoms with Crippen molar-refractivity contribution >= 4 is 22.6 Å². The third kappa shape index (κ3) is 4.05. The lowest BCUT2D eigenvalue weighted by Gasteiger charge is -2.19. The van der Waals surface area contributed by atoms with Crippen LogP contribution in [0.2, 0.25) is 0 Å². The van der Waals surface area contributed by atoms with Crippen LogP contribution in [0, 0.1) is 10.5 Å². The second kappa shape index (κ2) is 7.38. The predicted molar refractivity (Wildman–Crippen MR) is 98.2 cm³/mol. The smallest absolute Gasteiger partial charge is 0.0510 e. The van der Waals surface area contributed by atoms with Crippen LogP contribution in [-0.2, 0) is 6.42 Å². The highest BCUT2D eigenvalue weighted by atomic mass is 127. The molecule has 2 aromatic rings. The average Bonchev–Trinajstić information content (AvgIpc) is 2.48. The van der Waals surface area contributed by atoms with Crippen molar-refractivity contribution in [2.24, 2.45) is 5.84 Å². The number of aryl methyl sites for hydroxylation is 1. The summed E-state index contributed by atoms with van der Waals surface area (Å²) in [6.07, 6.45) is 0.897. The molecular formula is C18H23IN2. The van der Waals surface area contributed by atoms with E-state index in [0.29, 0.717) is 5.92 Å². The first kappa shape index (κ1) is 16.5. The van der Waals surface area contributed by atoms with Crippen LogP contribution in [-0.4, -0.2) is 0 Å². The summed E-state index contributed by atoms with van der Waals surface area (Å²) in [5, 5.41) is 0. The molecule has 112 valence electrons. The molecule has 0 fully saturated rings. The lowest BCUT2D eigenvalue weighted by atomic mass is 9.96. The van der Waals surface area contributed by atoms with E-state index in [9.17, 15) is 0 Å². The molecule has 0 spiro atoms. The molecule has 1 atom stereocenters. The van der Waals surface area contributed by atoms with Gasteiger partial charge in [0.25, 0.3) is 0 Å². The van der Waals surface area contributed by atoms with Gasteiger partial charge in [-0.1, -0.05) is 56.3 Å². The van der Waals surface area contributed by atoms with Gasteiger partial charge in [0.05, 0.1) is 6.04 Å². The molecule has 2 aromatic carbocycles. The van der Waals surface area contributed by atoms with E-state index in [1.165, 1.54) is 25.8 Å². The maximum Gasteiger partial charge on any atom is 0.0510 e. The fourth-order valence-electron chi connectivity index (χ4n) is 2.47. The normalized spacial score (nSPS) is 12.7. The van der Waals surface area contributed by atoms with Gasteiger partial charge in [-0.05, 0) is 64.1 Å². The third-order valence-corrected chi connectivity index (χ3v) is 5.36. The SMILES string of the molecule is Cc1cccc(C(Cc2ccc(C(C)C)cc2)NN)c1I. The first-order chi connectivity index (χ1) is 10.0. The molecule has 0 aliphatic carbocycles. The quantitative estimate of drug-likeness (QED) is 0.446. The van der Waals surface area contributed by atoms with Gasteiger partial charge in [-0.3, -0.25) is 11.3 Å². The standard InChI is InChI=1S/C18H23IN2/c1-12(2)15-9-7-14(8-10-15)11-17(21-20)16-6-4-5-13(3)18(16)19/h4-10,12,17,21H,11,20H2,1-3H3. The molecule has 3 N–H and O–H groups in total. The molecule has 2 rings (SSSR count). The maximum atomic E-state index is 5.80. The number of hydrazine groups is 1. The molecule has 3 heteroatoms. The van der Waals surface area contributed by atoms with Crippen LogP contribution >= 0.6 is 22.6 Å². The second-order valence-electron chi connectivity index (χ2n) is 5.80. The summed E-state index contributed by atoms with van der Waals surface area (Å²) in [6.45, 7) is 6.57. The Morgan fingerprint density at radius 1 is 1.10 bits per heavy atom. The number of hydrogen-bond donors (Lipinski definition) is 2. The number of rotatable bonds is 5. The topological polar surface area (TPSA) is 38.0 Å². The van der Waals surface area contributed by atoms with Crippen LogP contribution < -0.4 is 11.3 Å². The second-order valence-corrected chi connectivity index (χ2v) is 6.88. The largest absolute Gasteiger partial charge is 0.271 e. The van der Waals surface area contributed by atoms with Gasteiger partial charge in [-0.25, -0.2) is 0 Å². The van der Waals surface area contributed by atoms with E-state index in [4.69, 9.17) is 5.84 Å². The van der Waals surface area contributed by atoms with Crippen molar-refractivity contribution in [1.29, 1.82) is 0 Å². The van der Waals surface area contributed by atoms with Gasteiger partial charge in [0.1, 0.15) is 0 Å². The summed E-state index contributed by atoms with van der Waals surface area (Å²) < 4.78 is 1.29. The number of hydrogen-bond acceptors (Lipinski definition) is 2. The molecule has 1 unspecified atom stereocenters. The minimum atomic E-state index is 0.140. The van der Waals surface area contributed by atoms with Crippen LogP contribution in [0.15, 0.2) is 42.5 Å². The van der Waals surface area contributed by atoms with Crippen molar-refractivity contribution in [1.82, 2.24) is 5.43 Å². The van der Waals surface area contributed by atoms with E-state index in [1.807, 2.05) is 0 Å². The van der Waals surface area contributed by atoms with Crippen molar-refractivity contribution in [3.05, 3.63) is 68.3 Å². The van der Waals surface area contributed by atoms with Crippen LogP contribution in [0.5, 0.6) is 0 Å². The van der Waals surface area contributed by atoms with Crippen molar-refractivity contribution < 1.29 is 0 Å². The van der Waals surface area contributed by atoms with E-state index < -0.39 is 0 Å². The summed E-state index contributed by atoms with van der Waals surface area (Å²) in [6, 6.07) is 15.4. The van der Waals surface area contributed by atoms with E-state index >= 15 is 0 Å². The molecule has 0 radical (unpaired) electrons. The predicted octanol–water partition coefficient (Wildman–Crippen LogP) is 4.47. The van der Waals surface area contributed by atoms with Gasteiger partial charge in [0.15, 0.2) is 0 Å². The summed E-state index contributed by atoms with van der Waals surface area (Å²) in [7, 11) is 0. The van der Waals surface area contributed by atoms with Crippen molar-refractivity contribution in [3.63, 3.8) is 0 Å². The molecule has 0 aliphatic heterocycles. The summed E-state index contributed by atoms with van der Waals surface area (Å²) >= 11 is 2.40. The summed E-state index contributed by atoms with van der Waals surface area (Å²) in [5.74, 6) is 6.37. The zero-order valence-electron chi connectivity index (χ0n) is 12.9. The Balaban J connectivity index is 2.21. The van der Waals surface area contributed by atoms with E-state index in [2.05, 4.69) is 91.3 Å². The number of halogens is 1. The molecule has 2 nitrogen and oxygen atoms in total. The fraction of sp³-hybridized carbons (Fsp3) is 0.333. The van der Waals surface area contributed by atoms with Crippen molar-refractivity contribution in [2.45, 2.75) is 39.2 Å². The van der Waals surface area contributed by atoms with Gasteiger partial charge in [-0.2, -0.15) is 0 Å². The number of nitrogens with two attached hydrogens (primary N) is 1. The third-order valence-electron chi connectivity index (χ3n) is 3.88. The van der Waals surface area contributed by atoms with Crippen molar-refractivity contribution in [2.75, 3.05) is 0 Å². The minimum absolute atomic E-state index is 0.140. The van der Waals surface area contributed by atoms with E-state index in [0.717, 1.165) is 6.42 Å². The molecule has 0 saturated carbocycles. The Hall–Kier alpha value is -0.910. The molecule has 0 saturated heterocycles. The number of nitrogens with one attached hydrogen (secondary N) is 1. The Bertz CT molecular complexity index is 591. The summed E-state index contributed by atoms with van der Waals surface area (Å²) in [5.41, 5.74) is 8.21. The fourth-order valence-corrected chi connectivity index (χ4v) is 3.21. The van der Waals surface area contributed by atoms with Gasteiger partial charge in [-0.15, -0.1) is 0 Å². The number of benzene rings is 2. The highest BCUT2D eigenvalue weighted by Crippen LogP contribution is 2.26. The maximum absolute atomic E-state index is 5.80.